The molecule has 0 spiro atoms. The van der Waals surface area contributed by atoms with Crippen LogP contribution in [-0.4, -0.2) is 24.0 Å². The van der Waals surface area contributed by atoms with Crippen LogP contribution < -0.4 is 10.8 Å². The van der Waals surface area contributed by atoms with Crippen molar-refractivity contribution in [2.24, 2.45) is 0 Å². The molecule has 0 aliphatic heterocycles. The Hall–Kier alpha value is -2.24. The number of nitrogens with one attached hydrogen (secondary N) is 2. The highest BCUT2D eigenvalue weighted by Crippen LogP contribution is 2.01. The number of hydroxylamine groups is 1. The summed E-state index contributed by atoms with van der Waals surface area (Å²) >= 11 is 0. The second-order valence-corrected chi connectivity index (χ2v) is 5.51. The lowest BCUT2D eigenvalue weighted by Crippen LogP contribution is -2.24. The van der Waals surface area contributed by atoms with Crippen molar-refractivity contribution in [2.45, 2.75) is 32.3 Å². The van der Waals surface area contributed by atoms with E-state index in [1.807, 2.05) is 24.3 Å². The number of hydrogen-bond acceptors (Lipinski definition) is 4. The van der Waals surface area contributed by atoms with Gasteiger partial charge in [0.2, 0.25) is 0 Å². The largest absolute Gasteiger partial charge is 0.352 e. The van der Waals surface area contributed by atoms with Crippen LogP contribution >= 0.6 is 0 Å². The minimum atomic E-state index is -0.0590. The predicted octanol–water partition coefficient (Wildman–Crippen LogP) is 2.89. The van der Waals surface area contributed by atoms with E-state index in [4.69, 9.17) is 4.84 Å². The molecule has 0 fully saturated rings. The van der Waals surface area contributed by atoms with Crippen LogP contribution in [0.5, 0.6) is 0 Å². The number of rotatable bonds is 11. The standard InChI is InChI=1S/C19H24N3O2/c23-19(18-11-8-12-20-15-18)21-13-6-1-2-7-14-22-24-16-17-9-4-3-5-10-17/h3-4,8-12,15,22H,1-2,6-7,13-14,16H2,(H,21,23)/q-1. The van der Waals surface area contributed by atoms with Crippen LogP contribution in [0.1, 0.15) is 41.6 Å². The van der Waals surface area contributed by atoms with Crippen molar-refractivity contribution in [3.63, 3.8) is 0 Å². The SMILES string of the molecule is O=C(NCCCCCCNOCc1c[c-]ccc1)c1cccnc1. The van der Waals surface area contributed by atoms with Gasteiger partial charge in [0.15, 0.2) is 0 Å². The molecule has 0 bridgehead atoms. The van der Waals surface area contributed by atoms with Crippen molar-refractivity contribution in [1.29, 1.82) is 0 Å². The molecule has 1 heterocycles. The molecule has 5 heteroatoms. The van der Waals surface area contributed by atoms with Gasteiger partial charge in [-0.05, 0) is 25.0 Å². The number of carbonyl (C=O) groups excluding carboxylic acids is 1. The zero-order valence-corrected chi connectivity index (χ0v) is 13.8. The Morgan fingerprint density at radius 3 is 2.75 bits per heavy atom. The van der Waals surface area contributed by atoms with Gasteiger partial charge < -0.3 is 10.2 Å². The van der Waals surface area contributed by atoms with Gasteiger partial charge in [-0.15, -0.1) is 5.56 Å². The van der Waals surface area contributed by atoms with E-state index in [1.54, 1.807) is 24.5 Å². The normalized spacial score (nSPS) is 10.5. The Morgan fingerprint density at radius 1 is 1.12 bits per heavy atom. The minimum absolute atomic E-state index is 0.0590. The molecule has 1 aromatic heterocycles. The van der Waals surface area contributed by atoms with Crippen molar-refractivity contribution in [1.82, 2.24) is 15.8 Å². The first kappa shape index (κ1) is 18.1. The van der Waals surface area contributed by atoms with Crippen LogP contribution in [0.15, 0.2) is 48.8 Å². The number of carbonyl (C=O) groups is 1. The van der Waals surface area contributed by atoms with Gasteiger partial charge in [0.05, 0.1) is 5.56 Å². The van der Waals surface area contributed by atoms with Crippen LogP contribution in [0.3, 0.4) is 0 Å². The van der Waals surface area contributed by atoms with Gasteiger partial charge in [0, 0.05) is 32.1 Å². The molecular weight excluding hydrogens is 302 g/mol. The van der Waals surface area contributed by atoms with Gasteiger partial charge >= 0.3 is 0 Å². The zero-order valence-electron chi connectivity index (χ0n) is 13.8. The predicted molar refractivity (Wildman–Crippen MR) is 93.1 cm³/mol. The van der Waals surface area contributed by atoms with E-state index in [9.17, 15) is 4.79 Å². The van der Waals surface area contributed by atoms with Gasteiger partial charge in [-0.2, -0.15) is 30.3 Å². The molecule has 0 aliphatic rings. The van der Waals surface area contributed by atoms with E-state index in [0.717, 1.165) is 37.8 Å². The van der Waals surface area contributed by atoms with Gasteiger partial charge in [0.25, 0.3) is 5.91 Å². The molecule has 0 unspecified atom stereocenters. The fourth-order valence-corrected chi connectivity index (χ4v) is 2.20. The Morgan fingerprint density at radius 2 is 2.00 bits per heavy atom. The Labute approximate surface area is 143 Å². The van der Waals surface area contributed by atoms with Crippen LogP contribution in [0.25, 0.3) is 0 Å². The quantitative estimate of drug-likeness (QED) is 0.379. The van der Waals surface area contributed by atoms with Crippen molar-refractivity contribution >= 4 is 5.91 Å². The molecule has 5 nitrogen and oxygen atoms in total. The number of amides is 1. The van der Waals surface area contributed by atoms with Crippen LogP contribution in [0, 0.1) is 6.07 Å². The maximum atomic E-state index is 11.8. The van der Waals surface area contributed by atoms with Gasteiger partial charge in [-0.25, -0.2) is 5.48 Å². The molecule has 0 saturated heterocycles. The van der Waals surface area contributed by atoms with E-state index in [1.165, 1.54) is 0 Å². The summed E-state index contributed by atoms with van der Waals surface area (Å²) < 4.78 is 0. The second kappa shape index (κ2) is 11.3. The van der Waals surface area contributed by atoms with E-state index < -0.39 is 0 Å². The van der Waals surface area contributed by atoms with Crippen molar-refractivity contribution in [3.05, 3.63) is 66.0 Å². The molecule has 2 N–H and O–H groups in total. The summed E-state index contributed by atoms with van der Waals surface area (Å²) in [7, 11) is 0. The summed E-state index contributed by atoms with van der Waals surface area (Å²) in [6.07, 6.45) is 7.46. The zero-order chi connectivity index (χ0) is 16.9. The Kier molecular flexibility index (Phi) is 8.54. The molecule has 0 radical (unpaired) electrons. The summed E-state index contributed by atoms with van der Waals surface area (Å²) in [4.78, 5) is 21.1. The molecule has 24 heavy (non-hydrogen) atoms. The van der Waals surface area contributed by atoms with Gasteiger partial charge in [-0.1, -0.05) is 12.8 Å². The Balaban J connectivity index is 1.40. The monoisotopic (exact) mass is 326 g/mol. The smallest absolute Gasteiger partial charge is 0.252 e. The second-order valence-electron chi connectivity index (χ2n) is 5.51. The third-order valence-electron chi connectivity index (χ3n) is 3.53. The highest BCUT2D eigenvalue weighted by atomic mass is 16.6. The van der Waals surface area contributed by atoms with Crippen LogP contribution in [0.2, 0.25) is 0 Å². The van der Waals surface area contributed by atoms with Crippen LogP contribution in [-0.2, 0) is 11.4 Å². The van der Waals surface area contributed by atoms with E-state index in [0.29, 0.717) is 18.7 Å². The first-order valence-electron chi connectivity index (χ1n) is 8.34. The first-order chi connectivity index (χ1) is 11.9. The van der Waals surface area contributed by atoms with E-state index in [2.05, 4.69) is 21.8 Å². The summed E-state index contributed by atoms with van der Waals surface area (Å²) in [5, 5.41) is 2.91. The molecule has 0 saturated carbocycles. The number of aromatic nitrogens is 1. The van der Waals surface area contributed by atoms with Crippen molar-refractivity contribution < 1.29 is 9.63 Å². The highest BCUT2D eigenvalue weighted by Gasteiger charge is 2.03. The third kappa shape index (κ3) is 7.35. The fourth-order valence-electron chi connectivity index (χ4n) is 2.20. The number of unbranched alkanes of at least 4 members (excludes halogenated alkanes) is 3. The van der Waals surface area contributed by atoms with Gasteiger partial charge in [0.1, 0.15) is 0 Å². The molecular formula is C19H24N3O2-. The molecule has 0 atom stereocenters. The number of hydrogen-bond donors (Lipinski definition) is 2. The van der Waals surface area contributed by atoms with Gasteiger partial charge in [-0.3, -0.25) is 9.78 Å². The summed E-state index contributed by atoms with van der Waals surface area (Å²) in [5.41, 5.74) is 4.69. The maximum absolute atomic E-state index is 11.8. The number of pyridine rings is 1. The average molecular weight is 326 g/mol. The average Bonchev–Trinajstić information content (AvgIpc) is 2.64. The maximum Gasteiger partial charge on any atom is 0.252 e. The molecule has 2 aromatic rings. The number of benzene rings is 1. The summed E-state index contributed by atoms with van der Waals surface area (Å²) in [6.45, 7) is 2.08. The lowest BCUT2D eigenvalue weighted by atomic mass is 10.2. The Bertz CT molecular complexity index is 576. The van der Waals surface area contributed by atoms with Crippen LogP contribution in [0.4, 0.5) is 0 Å². The van der Waals surface area contributed by atoms with E-state index in [-0.39, 0.29) is 5.91 Å². The minimum Gasteiger partial charge on any atom is -0.352 e. The molecule has 128 valence electrons. The first-order valence-corrected chi connectivity index (χ1v) is 8.34. The fraction of sp³-hybridized carbons (Fsp3) is 0.368. The highest BCUT2D eigenvalue weighted by molar-refractivity contribution is 5.93. The number of nitrogens with zero attached hydrogens (tertiary/aromatic N) is 1. The molecule has 1 aromatic carbocycles. The van der Waals surface area contributed by atoms with Crippen molar-refractivity contribution in [3.8, 4) is 0 Å². The third-order valence-corrected chi connectivity index (χ3v) is 3.53. The lowest BCUT2D eigenvalue weighted by molar-refractivity contribution is 0.0272. The molecule has 1 amide bonds. The summed E-state index contributed by atoms with van der Waals surface area (Å²) in [5.74, 6) is -0.0590. The molecule has 2 rings (SSSR count). The molecule has 0 aliphatic carbocycles. The van der Waals surface area contributed by atoms with E-state index >= 15 is 0 Å². The topological polar surface area (TPSA) is 63.2 Å². The van der Waals surface area contributed by atoms with Crippen molar-refractivity contribution in [2.75, 3.05) is 13.1 Å². The lowest BCUT2D eigenvalue weighted by Gasteiger charge is -2.09. The summed E-state index contributed by atoms with van der Waals surface area (Å²) in [6, 6.07) is 14.3.